The number of hydrogen-bond acceptors (Lipinski definition) is 2. The molecule has 0 saturated heterocycles. The van der Waals surface area contributed by atoms with Crippen molar-refractivity contribution in [2.24, 2.45) is 0 Å². The van der Waals surface area contributed by atoms with Crippen LogP contribution in [-0.4, -0.2) is 23.9 Å². The highest BCUT2D eigenvalue weighted by Gasteiger charge is 2.10. The van der Waals surface area contributed by atoms with E-state index in [0.29, 0.717) is 13.2 Å². The second-order valence-corrected chi connectivity index (χ2v) is 3.59. The second kappa shape index (κ2) is 6.21. The van der Waals surface area contributed by atoms with Gasteiger partial charge in [-0.1, -0.05) is 25.5 Å². The van der Waals surface area contributed by atoms with Crippen LogP contribution >= 0.6 is 0 Å². The van der Waals surface area contributed by atoms with Gasteiger partial charge in [-0.25, -0.2) is 0 Å². The van der Waals surface area contributed by atoms with Crippen molar-refractivity contribution in [1.29, 1.82) is 0 Å². The van der Waals surface area contributed by atoms with E-state index in [1.54, 1.807) is 13.8 Å². The van der Waals surface area contributed by atoms with Crippen LogP contribution in [0.15, 0.2) is 12.2 Å². The fourth-order valence-electron chi connectivity index (χ4n) is 0.729. The summed E-state index contributed by atoms with van der Waals surface area (Å²) in [5.41, 5.74) is -0.710. The van der Waals surface area contributed by atoms with Crippen molar-refractivity contribution in [3.63, 3.8) is 0 Å². The van der Waals surface area contributed by atoms with E-state index >= 15 is 0 Å². The molecule has 12 heavy (non-hydrogen) atoms. The number of aliphatic hydroxyl groups is 1. The number of allylic oxidation sites excluding steroid dienone is 1. The predicted molar refractivity (Wildman–Crippen MR) is 51.2 cm³/mol. The Hall–Kier alpha value is -0.340. The molecule has 0 unspecified atom stereocenters. The lowest BCUT2D eigenvalue weighted by atomic mass is 10.2. The van der Waals surface area contributed by atoms with Gasteiger partial charge in [-0.15, -0.1) is 0 Å². The summed E-state index contributed by atoms with van der Waals surface area (Å²) in [6.07, 6.45) is 6.37. The Bertz CT molecular complexity index is 122. The first-order valence-electron chi connectivity index (χ1n) is 4.51. The van der Waals surface area contributed by atoms with Gasteiger partial charge >= 0.3 is 0 Å². The number of hydrogen-bond donors (Lipinski definition) is 1. The first-order valence-corrected chi connectivity index (χ1v) is 4.51. The fourth-order valence-corrected chi connectivity index (χ4v) is 0.729. The quantitative estimate of drug-likeness (QED) is 0.491. The highest BCUT2D eigenvalue weighted by Crippen LogP contribution is 2.00. The van der Waals surface area contributed by atoms with Crippen LogP contribution in [0.25, 0.3) is 0 Å². The van der Waals surface area contributed by atoms with Crippen LogP contribution in [0.5, 0.6) is 0 Å². The lowest BCUT2D eigenvalue weighted by molar-refractivity contribution is -0.0125. The van der Waals surface area contributed by atoms with Gasteiger partial charge in [0.1, 0.15) is 0 Å². The van der Waals surface area contributed by atoms with E-state index in [1.807, 2.05) is 6.08 Å². The van der Waals surface area contributed by atoms with Crippen LogP contribution in [0.1, 0.15) is 33.6 Å². The summed E-state index contributed by atoms with van der Waals surface area (Å²) in [5.74, 6) is 0. The van der Waals surface area contributed by atoms with Crippen molar-refractivity contribution in [2.75, 3.05) is 13.2 Å². The summed E-state index contributed by atoms with van der Waals surface area (Å²) in [6.45, 7) is 6.61. The van der Waals surface area contributed by atoms with Gasteiger partial charge in [0.25, 0.3) is 0 Å². The molecule has 0 aromatic heterocycles. The van der Waals surface area contributed by atoms with Gasteiger partial charge in [-0.2, -0.15) is 0 Å². The second-order valence-electron chi connectivity index (χ2n) is 3.59. The maximum absolute atomic E-state index is 9.27. The molecule has 0 aromatic carbocycles. The largest absolute Gasteiger partial charge is 0.388 e. The first kappa shape index (κ1) is 11.7. The smallest absolute Gasteiger partial charge is 0.0824 e. The third kappa shape index (κ3) is 9.66. The molecule has 0 aliphatic heterocycles. The van der Waals surface area contributed by atoms with Crippen molar-refractivity contribution in [2.45, 2.75) is 39.2 Å². The average molecular weight is 172 g/mol. The van der Waals surface area contributed by atoms with Gasteiger partial charge in [0.2, 0.25) is 0 Å². The number of rotatable bonds is 6. The lowest BCUT2D eigenvalue weighted by Gasteiger charge is -2.15. The Morgan fingerprint density at radius 1 is 1.33 bits per heavy atom. The van der Waals surface area contributed by atoms with Gasteiger partial charge < -0.3 is 9.84 Å². The van der Waals surface area contributed by atoms with Crippen molar-refractivity contribution < 1.29 is 9.84 Å². The van der Waals surface area contributed by atoms with Crippen LogP contribution < -0.4 is 0 Å². The van der Waals surface area contributed by atoms with Crippen LogP contribution in [-0.2, 0) is 4.74 Å². The van der Waals surface area contributed by atoms with E-state index in [9.17, 15) is 5.11 Å². The molecule has 0 aliphatic rings. The Kier molecular flexibility index (Phi) is 6.03. The van der Waals surface area contributed by atoms with Crippen molar-refractivity contribution in [3.8, 4) is 0 Å². The van der Waals surface area contributed by atoms with Crippen LogP contribution in [0.3, 0.4) is 0 Å². The Morgan fingerprint density at radius 2 is 2.00 bits per heavy atom. The highest BCUT2D eigenvalue weighted by atomic mass is 16.5. The molecule has 72 valence electrons. The Balaban J connectivity index is 3.21. The molecule has 0 saturated carbocycles. The molecular weight excluding hydrogens is 152 g/mol. The topological polar surface area (TPSA) is 29.5 Å². The molecule has 0 spiro atoms. The molecule has 0 atom stereocenters. The zero-order valence-electron chi connectivity index (χ0n) is 8.34. The number of unbranched alkanes of at least 4 members (excludes halogenated alkanes) is 1. The monoisotopic (exact) mass is 172 g/mol. The van der Waals surface area contributed by atoms with E-state index in [1.165, 1.54) is 6.42 Å². The fraction of sp³-hybridized carbons (Fsp3) is 0.800. The molecule has 0 bridgehead atoms. The third-order valence-electron chi connectivity index (χ3n) is 1.29. The molecule has 2 heteroatoms. The van der Waals surface area contributed by atoms with E-state index in [4.69, 9.17) is 4.74 Å². The summed E-state index contributed by atoms with van der Waals surface area (Å²) in [5, 5.41) is 9.27. The molecule has 0 amide bonds. The predicted octanol–water partition coefficient (Wildman–Crippen LogP) is 2.13. The van der Waals surface area contributed by atoms with E-state index < -0.39 is 5.60 Å². The molecule has 0 aliphatic carbocycles. The summed E-state index contributed by atoms with van der Waals surface area (Å²) >= 11 is 0. The van der Waals surface area contributed by atoms with Crippen molar-refractivity contribution in [1.82, 2.24) is 0 Å². The van der Waals surface area contributed by atoms with Crippen molar-refractivity contribution >= 4 is 0 Å². The maximum atomic E-state index is 9.27. The van der Waals surface area contributed by atoms with Gasteiger partial charge in [-0.3, -0.25) is 0 Å². The molecule has 2 nitrogen and oxygen atoms in total. The van der Waals surface area contributed by atoms with Crippen LogP contribution in [0.4, 0.5) is 0 Å². The van der Waals surface area contributed by atoms with Gasteiger partial charge in [0.15, 0.2) is 0 Å². The lowest BCUT2D eigenvalue weighted by Crippen LogP contribution is -2.25. The average Bonchev–Trinajstić information content (AvgIpc) is 1.94. The normalized spacial score (nSPS) is 12.7. The van der Waals surface area contributed by atoms with Crippen LogP contribution in [0, 0.1) is 0 Å². The van der Waals surface area contributed by atoms with Crippen molar-refractivity contribution in [3.05, 3.63) is 12.2 Å². The highest BCUT2D eigenvalue weighted by molar-refractivity contribution is 4.81. The summed E-state index contributed by atoms with van der Waals surface area (Å²) in [4.78, 5) is 0. The van der Waals surface area contributed by atoms with Gasteiger partial charge in [0, 0.05) is 0 Å². The minimum atomic E-state index is -0.710. The van der Waals surface area contributed by atoms with E-state index in [-0.39, 0.29) is 0 Å². The van der Waals surface area contributed by atoms with Gasteiger partial charge in [-0.05, 0) is 20.3 Å². The molecule has 0 heterocycles. The maximum Gasteiger partial charge on any atom is 0.0824 e. The molecule has 0 radical (unpaired) electrons. The summed E-state index contributed by atoms with van der Waals surface area (Å²) < 4.78 is 5.21. The minimum absolute atomic E-state index is 0.392. The van der Waals surface area contributed by atoms with Gasteiger partial charge in [0.05, 0.1) is 18.8 Å². The zero-order chi connectivity index (χ0) is 9.45. The number of ether oxygens (including phenoxy) is 1. The minimum Gasteiger partial charge on any atom is -0.388 e. The van der Waals surface area contributed by atoms with E-state index in [0.717, 1.165) is 6.42 Å². The summed E-state index contributed by atoms with van der Waals surface area (Å²) in [6, 6.07) is 0. The third-order valence-corrected chi connectivity index (χ3v) is 1.29. The Morgan fingerprint density at radius 3 is 2.50 bits per heavy atom. The molecular formula is C10H20O2. The molecule has 0 aromatic rings. The molecule has 0 rings (SSSR count). The van der Waals surface area contributed by atoms with E-state index in [2.05, 4.69) is 13.0 Å². The molecule has 1 N–H and O–H groups in total. The molecule has 0 fully saturated rings. The Labute approximate surface area is 75.2 Å². The SMILES string of the molecule is CCC/C=C/COCC(C)(C)O. The summed E-state index contributed by atoms with van der Waals surface area (Å²) in [7, 11) is 0. The standard InChI is InChI=1S/C10H20O2/c1-4-5-6-7-8-12-9-10(2,3)11/h6-7,11H,4-5,8-9H2,1-3H3/b7-6+. The first-order chi connectivity index (χ1) is 5.56. The zero-order valence-corrected chi connectivity index (χ0v) is 8.34. The van der Waals surface area contributed by atoms with Crippen LogP contribution in [0.2, 0.25) is 0 Å².